The van der Waals surface area contributed by atoms with Crippen LogP contribution in [0.4, 0.5) is 0 Å². The minimum Gasteiger partial charge on any atom is -0.484 e. The molecule has 35 heavy (non-hydrogen) atoms. The van der Waals surface area contributed by atoms with Gasteiger partial charge in [0, 0.05) is 36.0 Å². The van der Waals surface area contributed by atoms with Gasteiger partial charge in [-0.2, -0.15) is 0 Å². The molecule has 0 bridgehead atoms. The fourth-order valence-corrected chi connectivity index (χ4v) is 5.78. The van der Waals surface area contributed by atoms with Crippen LogP contribution in [0.3, 0.4) is 0 Å². The minimum atomic E-state index is -0.650. The Morgan fingerprint density at radius 2 is 1.43 bits per heavy atom. The van der Waals surface area contributed by atoms with E-state index in [1.165, 1.54) is 0 Å². The molecule has 192 valence electrons. The maximum atomic E-state index is 12.9. The lowest BCUT2D eigenvalue weighted by Gasteiger charge is -2.51. The number of Topliss-reactive ketones (excluding diaryl/α,β-unsaturated/α-hetero) is 1. The Balaban J connectivity index is 1.53. The van der Waals surface area contributed by atoms with E-state index in [1.54, 1.807) is 29.2 Å². The van der Waals surface area contributed by atoms with Gasteiger partial charge in [-0.1, -0.05) is 0 Å². The summed E-state index contributed by atoms with van der Waals surface area (Å²) in [4.78, 5) is 53.7. The fraction of sp³-hybridized carbons (Fsp3) is 0.630. The van der Waals surface area contributed by atoms with Crippen LogP contribution < -0.4 is 4.74 Å². The Morgan fingerprint density at radius 3 is 1.97 bits per heavy atom. The number of piperidine rings is 2. The third-order valence-corrected chi connectivity index (χ3v) is 6.98. The van der Waals surface area contributed by atoms with E-state index in [9.17, 15) is 19.2 Å². The predicted octanol–water partition coefficient (Wildman–Crippen LogP) is 3.76. The summed E-state index contributed by atoms with van der Waals surface area (Å²) in [7, 11) is 0. The van der Waals surface area contributed by atoms with Gasteiger partial charge in [0.1, 0.15) is 11.5 Å². The van der Waals surface area contributed by atoms with Gasteiger partial charge in [-0.25, -0.2) is 4.79 Å². The second-order valence-corrected chi connectivity index (χ2v) is 11.1. The molecule has 2 fully saturated rings. The first-order valence-corrected chi connectivity index (χ1v) is 12.4. The topological polar surface area (TPSA) is 93.2 Å². The number of benzene rings is 1. The molecule has 1 aromatic rings. The fourth-order valence-electron chi connectivity index (χ4n) is 5.78. The van der Waals surface area contributed by atoms with Crippen LogP contribution in [0.5, 0.6) is 5.75 Å². The van der Waals surface area contributed by atoms with Crippen molar-refractivity contribution < 1.29 is 28.7 Å². The van der Waals surface area contributed by atoms with Gasteiger partial charge in [0.2, 0.25) is 0 Å². The molecule has 2 aliphatic rings. The highest BCUT2D eigenvalue weighted by Gasteiger charge is 2.47. The summed E-state index contributed by atoms with van der Waals surface area (Å²) < 4.78 is 10.9. The van der Waals surface area contributed by atoms with Crippen LogP contribution in [0.15, 0.2) is 24.3 Å². The molecule has 2 amide bonds. The van der Waals surface area contributed by atoms with Crippen LogP contribution in [-0.4, -0.2) is 69.7 Å². The van der Waals surface area contributed by atoms with E-state index in [2.05, 4.69) is 13.8 Å². The van der Waals surface area contributed by atoms with E-state index in [0.29, 0.717) is 5.75 Å². The second-order valence-electron chi connectivity index (χ2n) is 11.1. The van der Waals surface area contributed by atoms with Crippen LogP contribution in [0, 0.1) is 0 Å². The number of carbonyl (C=O) groups excluding carboxylic acids is 4. The molecule has 3 rings (SSSR count). The number of carbonyl (C=O) groups is 4. The van der Waals surface area contributed by atoms with Crippen LogP contribution in [0.2, 0.25) is 0 Å². The predicted molar refractivity (Wildman–Crippen MR) is 131 cm³/mol. The molecule has 2 aliphatic heterocycles. The lowest BCUT2D eigenvalue weighted by atomic mass is 9.79. The smallest absolute Gasteiger partial charge is 0.338 e. The Kier molecular flexibility index (Phi) is 7.92. The maximum Gasteiger partial charge on any atom is 0.338 e. The first-order chi connectivity index (χ1) is 16.3. The first-order valence-electron chi connectivity index (χ1n) is 12.4. The second kappa shape index (κ2) is 10.4. The van der Waals surface area contributed by atoms with Gasteiger partial charge in [0.25, 0.3) is 11.8 Å². The minimum absolute atomic E-state index is 0.0445. The number of amides is 2. The summed E-state index contributed by atoms with van der Waals surface area (Å²) in [6.07, 6.45) is 3.68. The van der Waals surface area contributed by atoms with E-state index in [4.69, 9.17) is 9.47 Å². The summed E-state index contributed by atoms with van der Waals surface area (Å²) in [5, 5.41) is 0. The van der Waals surface area contributed by atoms with Crippen molar-refractivity contribution in [3.8, 4) is 5.75 Å². The van der Waals surface area contributed by atoms with Crippen molar-refractivity contribution in [1.29, 1.82) is 0 Å². The van der Waals surface area contributed by atoms with Gasteiger partial charge in [0.05, 0.1) is 5.56 Å². The SMILES string of the molecule is C[C@H]1CCC[C@H](C)N1C(=O)COc1ccc(C(=O)OCC(=O)N2C(C)(C)CC(=O)CC2(C)C)cc1. The highest BCUT2D eigenvalue weighted by atomic mass is 16.5. The summed E-state index contributed by atoms with van der Waals surface area (Å²) in [5.41, 5.74) is -1.02. The first kappa shape index (κ1) is 26.7. The van der Waals surface area contributed by atoms with Gasteiger partial charge in [0.15, 0.2) is 13.2 Å². The monoisotopic (exact) mass is 486 g/mol. The van der Waals surface area contributed by atoms with E-state index >= 15 is 0 Å². The molecule has 0 radical (unpaired) electrons. The molecule has 0 spiro atoms. The third kappa shape index (κ3) is 6.21. The molecular formula is C27H38N2O6. The molecule has 2 heterocycles. The maximum absolute atomic E-state index is 12.9. The van der Waals surface area contributed by atoms with E-state index in [0.717, 1.165) is 19.3 Å². The summed E-state index contributed by atoms with van der Waals surface area (Å²) in [6.45, 7) is 11.1. The normalized spacial score (nSPS) is 23.5. The Bertz CT molecular complexity index is 938. The van der Waals surface area contributed by atoms with Crippen molar-refractivity contribution in [3.05, 3.63) is 29.8 Å². The number of hydrogen-bond acceptors (Lipinski definition) is 6. The molecule has 2 saturated heterocycles. The van der Waals surface area contributed by atoms with Crippen LogP contribution >= 0.6 is 0 Å². The lowest BCUT2D eigenvalue weighted by Crippen LogP contribution is -2.63. The number of rotatable bonds is 6. The van der Waals surface area contributed by atoms with Gasteiger partial charge in [-0.05, 0) is 85.1 Å². The van der Waals surface area contributed by atoms with Gasteiger partial charge < -0.3 is 19.3 Å². The van der Waals surface area contributed by atoms with Crippen LogP contribution in [0.25, 0.3) is 0 Å². The lowest BCUT2D eigenvalue weighted by molar-refractivity contribution is -0.156. The molecular weight excluding hydrogens is 448 g/mol. The number of ketones is 1. The standard InChI is InChI=1S/C27H38N2O6/c1-18-8-7-9-19(2)28(18)23(31)16-34-22-12-10-20(11-13-22)25(33)35-17-24(32)29-26(3,4)14-21(30)15-27(29,5)6/h10-13,18-19H,7-9,14-17H2,1-6H3/t18-,19-/m0/s1. The molecule has 8 nitrogen and oxygen atoms in total. The van der Waals surface area contributed by atoms with Crippen molar-refractivity contribution in [2.45, 2.75) is 96.8 Å². The molecule has 0 unspecified atom stereocenters. The molecule has 0 aliphatic carbocycles. The molecule has 0 aromatic heterocycles. The highest BCUT2D eigenvalue weighted by Crippen LogP contribution is 2.36. The number of nitrogens with zero attached hydrogens (tertiary/aromatic N) is 2. The quantitative estimate of drug-likeness (QED) is 0.569. The van der Waals surface area contributed by atoms with Crippen molar-refractivity contribution in [1.82, 2.24) is 9.80 Å². The number of esters is 1. The Labute approximate surface area is 207 Å². The van der Waals surface area contributed by atoms with Crippen molar-refractivity contribution in [2.24, 2.45) is 0 Å². The average molecular weight is 487 g/mol. The summed E-state index contributed by atoms with van der Waals surface area (Å²) >= 11 is 0. The summed E-state index contributed by atoms with van der Waals surface area (Å²) in [6, 6.07) is 6.72. The molecule has 0 saturated carbocycles. The van der Waals surface area contributed by atoms with Crippen molar-refractivity contribution >= 4 is 23.6 Å². The molecule has 8 heteroatoms. The Hall–Kier alpha value is -2.90. The largest absolute Gasteiger partial charge is 0.484 e. The van der Waals surface area contributed by atoms with Gasteiger partial charge >= 0.3 is 5.97 Å². The van der Waals surface area contributed by atoms with E-state index in [-0.39, 0.29) is 54.7 Å². The zero-order valence-electron chi connectivity index (χ0n) is 21.8. The van der Waals surface area contributed by atoms with Crippen LogP contribution in [0.1, 0.15) is 84.0 Å². The third-order valence-electron chi connectivity index (χ3n) is 6.98. The zero-order chi connectivity index (χ0) is 26.0. The van der Waals surface area contributed by atoms with Crippen molar-refractivity contribution in [2.75, 3.05) is 13.2 Å². The van der Waals surface area contributed by atoms with Gasteiger partial charge in [-0.3, -0.25) is 14.4 Å². The van der Waals surface area contributed by atoms with E-state index in [1.807, 2.05) is 32.6 Å². The summed E-state index contributed by atoms with van der Waals surface area (Å²) in [5.74, 6) is -0.409. The van der Waals surface area contributed by atoms with Crippen molar-refractivity contribution in [3.63, 3.8) is 0 Å². The Morgan fingerprint density at radius 1 is 0.886 bits per heavy atom. The number of hydrogen-bond donors (Lipinski definition) is 0. The molecule has 0 N–H and O–H groups in total. The van der Waals surface area contributed by atoms with Crippen LogP contribution in [-0.2, 0) is 19.1 Å². The highest BCUT2D eigenvalue weighted by molar-refractivity contribution is 5.92. The number of likely N-dealkylation sites (tertiary alicyclic amines) is 2. The molecule has 1 aromatic carbocycles. The van der Waals surface area contributed by atoms with E-state index < -0.39 is 23.7 Å². The average Bonchev–Trinajstić information content (AvgIpc) is 2.74. The zero-order valence-corrected chi connectivity index (χ0v) is 21.8. The molecule has 2 atom stereocenters. The van der Waals surface area contributed by atoms with Gasteiger partial charge in [-0.15, -0.1) is 0 Å². The number of ether oxygens (including phenoxy) is 2.